The Labute approximate surface area is 160 Å². The predicted molar refractivity (Wildman–Crippen MR) is 105 cm³/mol. The van der Waals surface area contributed by atoms with Crippen LogP contribution in [0.4, 0.5) is 5.69 Å². The summed E-state index contributed by atoms with van der Waals surface area (Å²) in [4.78, 5) is 12.4. The molecule has 26 heavy (non-hydrogen) atoms. The number of unbranched alkanes of at least 4 members (excludes halogenated alkanes) is 1. The van der Waals surface area contributed by atoms with Crippen LogP contribution in [0.2, 0.25) is 5.02 Å². The Morgan fingerprint density at radius 1 is 1.15 bits per heavy atom. The Morgan fingerprint density at radius 2 is 1.85 bits per heavy atom. The smallest absolute Gasteiger partial charge is 0.264 e. The van der Waals surface area contributed by atoms with Crippen LogP contribution in [0.3, 0.4) is 0 Å². The molecule has 0 unspecified atom stereocenters. The van der Waals surface area contributed by atoms with Gasteiger partial charge in [0.1, 0.15) is 6.54 Å². The fraction of sp³-hybridized carbons (Fsp3) is 0.316. The van der Waals surface area contributed by atoms with Crippen molar-refractivity contribution in [1.29, 1.82) is 0 Å². The summed E-state index contributed by atoms with van der Waals surface area (Å²) < 4.78 is 27.4. The largest absolute Gasteiger partial charge is 0.355 e. The summed E-state index contributed by atoms with van der Waals surface area (Å²) in [5.41, 5.74) is 1.11. The van der Waals surface area contributed by atoms with Gasteiger partial charge in [-0.05, 0) is 49.2 Å². The van der Waals surface area contributed by atoms with E-state index in [0.717, 1.165) is 17.1 Å². The SMILES string of the molecule is CCCCNC(=O)CN(c1ccc(Cl)cc1C)S(=O)(=O)c1ccccc1. The highest BCUT2D eigenvalue weighted by atomic mass is 35.5. The van der Waals surface area contributed by atoms with E-state index in [1.54, 1.807) is 43.3 Å². The minimum Gasteiger partial charge on any atom is -0.355 e. The van der Waals surface area contributed by atoms with Gasteiger partial charge in [-0.2, -0.15) is 0 Å². The Hall–Kier alpha value is -2.05. The summed E-state index contributed by atoms with van der Waals surface area (Å²) in [6.07, 6.45) is 1.79. The molecule has 0 radical (unpaired) electrons. The molecule has 0 fully saturated rings. The maximum atomic E-state index is 13.1. The molecule has 2 aromatic carbocycles. The number of amides is 1. The third-order valence-corrected chi connectivity index (χ3v) is 5.91. The maximum Gasteiger partial charge on any atom is 0.264 e. The van der Waals surface area contributed by atoms with E-state index in [9.17, 15) is 13.2 Å². The molecule has 0 saturated carbocycles. The number of nitrogens with zero attached hydrogens (tertiary/aromatic N) is 1. The Kier molecular flexibility index (Phi) is 7.06. The van der Waals surface area contributed by atoms with Gasteiger partial charge in [0, 0.05) is 11.6 Å². The normalized spacial score (nSPS) is 11.2. The highest BCUT2D eigenvalue weighted by Crippen LogP contribution is 2.28. The van der Waals surface area contributed by atoms with Crippen molar-refractivity contribution >= 4 is 33.2 Å². The topological polar surface area (TPSA) is 66.5 Å². The third kappa shape index (κ3) is 4.99. The summed E-state index contributed by atoms with van der Waals surface area (Å²) in [6.45, 7) is 4.02. The lowest BCUT2D eigenvalue weighted by molar-refractivity contribution is -0.119. The predicted octanol–water partition coefficient (Wildman–Crippen LogP) is 3.76. The van der Waals surface area contributed by atoms with E-state index in [0.29, 0.717) is 22.8 Å². The van der Waals surface area contributed by atoms with Crippen molar-refractivity contribution in [2.45, 2.75) is 31.6 Å². The molecule has 0 aliphatic heterocycles. The van der Waals surface area contributed by atoms with Gasteiger partial charge in [0.2, 0.25) is 5.91 Å². The van der Waals surface area contributed by atoms with Crippen molar-refractivity contribution in [3.8, 4) is 0 Å². The standard InChI is InChI=1S/C19H23ClN2O3S/c1-3-4-12-21-19(23)14-22(18-11-10-16(20)13-15(18)2)26(24,25)17-8-6-5-7-9-17/h5-11,13H,3-4,12,14H2,1-2H3,(H,21,23). The van der Waals surface area contributed by atoms with Gasteiger partial charge in [-0.1, -0.05) is 43.1 Å². The first-order valence-electron chi connectivity index (χ1n) is 8.47. The molecule has 2 rings (SSSR count). The molecule has 5 nitrogen and oxygen atoms in total. The fourth-order valence-electron chi connectivity index (χ4n) is 2.51. The van der Waals surface area contributed by atoms with Crippen LogP contribution >= 0.6 is 11.6 Å². The number of anilines is 1. The number of benzene rings is 2. The zero-order valence-corrected chi connectivity index (χ0v) is 16.5. The lowest BCUT2D eigenvalue weighted by Gasteiger charge is -2.25. The molecule has 140 valence electrons. The van der Waals surface area contributed by atoms with E-state index in [1.807, 2.05) is 6.92 Å². The summed E-state index contributed by atoms with van der Waals surface area (Å²) in [5, 5.41) is 3.28. The quantitative estimate of drug-likeness (QED) is 0.693. The highest BCUT2D eigenvalue weighted by Gasteiger charge is 2.28. The monoisotopic (exact) mass is 394 g/mol. The summed E-state index contributed by atoms with van der Waals surface area (Å²) in [5.74, 6) is -0.340. The number of halogens is 1. The van der Waals surface area contributed by atoms with Crippen molar-refractivity contribution in [3.05, 3.63) is 59.1 Å². The van der Waals surface area contributed by atoms with E-state index in [2.05, 4.69) is 5.32 Å². The van der Waals surface area contributed by atoms with Crippen molar-refractivity contribution in [1.82, 2.24) is 5.32 Å². The number of carbonyl (C=O) groups excluding carboxylic acids is 1. The fourth-order valence-corrected chi connectivity index (χ4v) is 4.24. The first-order chi connectivity index (χ1) is 12.4. The van der Waals surface area contributed by atoms with E-state index in [1.165, 1.54) is 12.1 Å². The molecule has 0 atom stereocenters. The molecule has 0 bridgehead atoms. The summed E-state index contributed by atoms with van der Waals surface area (Å²) in [6, 6.07) is 13.0. The molecule has 0 saturated heterocycles. The lowest BCUT2D eigenvalue weighted by atomic mass is 10.2. The van der Waals surface area contributed by atoms with E-state index < -0.39 is 10.0 Å². The van der Waals surface area contributed by atoms with Gasteiger partial charge in [0.15, 0.2) is 0 Å². The summed E-state index contributed by atoms with van der Waals surface area (Å²) in [7, 11) is -3.89. The minimum absolute atomic E-state index is 0.135. The number of rotatable bonds is 8. The van der Waals surface area contributed by atoms with Crippen LogP contribution in [0, 0.1) is 6.92 Å². The molecule has 1 N–H and O–H groups in total. The average Bonchev–Trinajstić information content (AvgIpc) is 2.61. The van der Waals surface area contributed by atoms with Crippen molar-refractivity contribution < 1.29 is 13.2 Å². The van der Waals surface area contributed by atoms with Crippen LogP contribution in [0.15, 0.2) is 53.4 Å². The zero-order valence-electron chi connectivity index (χ0n) is 14.9. The van der Waals surface area contributed by atoms with E-state index in [-0.39, 0.29) is 17.3 Å². The van der Waals surface area contributed by atoms with Gasteiger partial charge in [-0.3, -0.25) is 9.10 Å². The van der Waals surface area contributed by atoms with Gasteiger partial charge in [0.25, 0.3) is 10.0 Å². The minimum atomic E-state index is -3.89. The van der Waals surface area contributed by atoms with Crippen LogP contribution < -0.4 is 9.62 Å². The molecule has 0 aliphatic rings. The molecule has 0 heterocycles. The number of carbonyl (C=O) groups is 1. The number of aryl methyl sites for hydroxylation is 1. The van der Waals surface area contributed by atoms with Crippen molar-refractivity contribution in [3.63, 3.8) is 0 Å². The maximum absolute atomic E-state index is 13.1. The molecule has 0 spiro atoms. The molecular formula is C19H23ClN2O3S. The van der Waals surface area contributed by atoms with Gasteiger partial charge >= 0.3 is 0 Å². The Balaban J connectivity index is 2.40. The molecule has 1 amide bonds. The second-order valence-electron chi connectivity index (χ2n) is 5.96. The van der Waals surface area contributed by atoms with Crippen LogP contribution in [0.5, 0.6) is 0 Å². The number of sulfonamides is 1. The van der Waals surface area contributed by atoms with Crippen LogP contribution in [-0.4, -0.2) is 27.4 Å². The number of hydrogen-bond acceptors (Lipinski definition) is 3. The van der Waals surface area contributed by atoms with Gasteiger partial charge in [-0.25, -0.2) is 8.42 Å². The molecule has 0 aliphatic carbocycles. The molecule has 2 aromatic rings. The third-order valence-electron chi connectivity index (χ3n) is 3.90. The molecule has 7 heteroatoms. The molecular weight excluding hydrogens is 372 g/mol. The lowest BCUT2D eigenvalue weighted by Crippen LogP contribution is -2.41. The van der Waals surface area contributed by atoms with Crippen LogP contribution in [0.25, 0.3) is 0 Å². The first-order valence-corrected chi connectivity index (χ1v) is 10.3. The number of hydrogen-bond donors (Lipinski definition) is 1. The number of nitrogens with one attached hydrogen (secondary N) is 1. The second kappa shape index (κ2) is 9.05. The summed E-state index contributed by atoms with van der Waals surface area (Å²) >= 11 is 6.00. The highest BCUT2D eigenvalue weighted by molar-refractivity contribution is 7.92. The van der Waals surface area contributed by atoms with Crippen molar-refractivity contribution in [2.24, 2.45) is 0 Å². The Morgan fingerprint density at radius 3 is 2.46 bits per heavy atom. The molecule has 0 aromatic heterocycles. The van der Waals surface area contributed by atoms with Gasteiger partial charge in [0.05, 0.1) is 10.6 Å². The second-order valence-corrected chi connectivity index (χ2v) is 8.26. The first kappa shape index (κ1) is 20.3. The van der Waals surface area contributed by atoms with E-state index >= 15 is 0 Å². The van der Waals surface area contributed by atoms with Gasteiger partial charge in [-0.15, -0.1) is 0 Å². The average molecular weight is 395 g/mol. The zero-order chi connectivity index (χ0) is 19.2. The van der Waals surface area contributed by atoms with Crippen molar-refractivity contribution in [2.75, 3.05) is 17.4 Å². The van der Waals surface area contributed by atoms with Crippen LogP contribution in [-0.2, 0) is 14.8 Å². The van der Waals surface area contributed by atoms with Crippen LogP contribution in [0.1, 0.15) is 25.3 Å². The Bertz CT molecular complexity index is 854. The van der Waals surface area contributed by atoms with E-state index in [4.69, 9.17) is 11.6 Å². The van der Waals surface area contributed by atoms with Gasteiger partial charge < -0.3 is 5.32 Å².